The maximum absolute atomic E-state index is 5.77. The molecule has 0 amide bonds. The Hall–Kier alpha value is -0.643. The highest BCUT2D eigenvalue weighted by Crippen LogP contribution is 2.14. The molecule has 0 aliphatic heterocycles. The fraction of sp³-hybridized carbons (Fsp3) is 0.500. The van der Waals surface area contributed by atoms with Crippen molar-refractivity contribution in [1.29, 1.82) is 0 Å². The molecule has 1 rings (SSSR count). The molecule has 0 fully saturated rings. The summed E-state index contributed by atoms with van der Waals surface area (Å²) in [5.74, 6) is 0. The third-order valence-electron chi connectivity index (χ3n) is 2.50. The number of methoxy groups -OCH3 is 1. The van der Waals surface area contributed by atoms with Gasteiger partial charge >= 0.3 is 0 Å². The van der Waals surface area contributed by atoms with Crippen LogP contribution in [0.25, 0.3) is 0 Å². The second-order valence-electron chi connectivity index (χ2n) is 3.72. The van der Waals surface area contributed by atoms with Gasteiger partial charge in [0.15, 0.2) is 9.76 Å². The van der Waals surface area contributed by atoms with Crippen molar-refractivity contribution in [3.63, 3.8) is 0 Å². The molecule has 84 valence electrons. The van der Waals surface area contributed by atoms with Crippen molar-refractivity contribution in [1.82, 2.24) is 0 Å². The molecule has 1 aromatic carbocycles. The van der Waals surface area contributed by atoms with E-state index in [1.54, 1.807) is 7.11 Å². The maximum atomic E-state index is 5.77. The molecule has 0 spiro atoms. The fourth-order valence-corrected chi connectivity index (χ4v) is 2.82. The van der Waals surface area contributed by atoms with Crippen molar-refractivity contribution >= 4 is 9.76 Å². The molecule has 0 radical (unpaired) electrons. The summed E-state index contributed by atoms with van der Waals surface area (Å²) in [4.78, 5) is 0. The molecule has 0 aliphatic carbocycles. The van der Waals surface area contributed by atoms with Crippen LogP contribution in [0.2, 0.25) is 0 Å². The van der Waals surface area contributed by atoms with Crippen molar-refractivity contribution in [3.8, 4) is 0 Å². The Morgan fingerprint density at radius 1 is 1.27 bits per heavy atom. The first-order chi connectivity index (χ1) is 7.27. The third-order valence-corrected chi connectivity index (χ3v) is 4.03. The summed E-state index contributed by atoms with van der Waals surface area (Å²) in [6.45, 7) is 4.31. The molecule has 0 saturated heterocycles. The smallest absolute Gasteiger partial charge is 0.172 e. The van der Waals surface area contributed by atoms with Gasteiger partial charge in [-0.2, -0.15) is 0 Å². The van der Waals surface area contributed by atoms with Crippen LogP contribution in [0.3, 0.4) is 0 Å². The van der Waals surface area contributed by atoms with E-state index in [9.17, 15) is 0 Å². The Labute approximate surface area is 94.5 Å². The van der Waals surface area contributed by atoms with Crippen LogP contribution >= 0.6 is 0 Å². The van der Waals surface area contributed by atoms with E-state index in [0.29, 0.717) is 5.54 Å². The van der Waals surface area contributed by atoms with Crippen molar-refractivity contribution in [2.45, 2.75) is 32.1 Å². The van der Waals surface area contributed by atoms with Crippen molar-refractivity contribution in [2.24, 2.45) is 0 Å². The van der Waals surface area contributed by atoms with E-state index >= 15 is 0 Å². The Kier molecular flexibility index (Phi) is 5.61. The quantitative estimate of drug-likeness (QED) is 0.545. The molecule has 1 aromatic rings. The molecule has 0 bridgehead atoms. The summed E-state index contributed by atoms with van der Waals surface area (Å²) in [6, 6.07) is 10.5. The number of hydrogen-bond acceptors (Lipinski definition) is 2. The molecule has 3 heteroatoms. The van der Waals surface area contributed by atoms with Gasteiger partial charge in [0.1, 0.15) is 6.29 Å². The first-order valence-corrected chi connectivity index (χ1v) is 6.86. The molecule has 0 aliphatic rings. The topological polar surface area (TPSA) is 18.5 Å². The van der Waals surface area contributed by atoms with Gasteiger partial charge in [-0.3, -0.25) is 0 Å². The van der Waals surface area contributed by atoms with E-state index < -0.39 is 9.76 Å². The molecular formula is C12H20O2Si. The van der Waals surface area contributed by atoms with Gasteiger partial charge in [-0.15, -0.1) is 0 Å². The lowest BCUT2D eigenvalue weighted by Gasteiger charge is -2.17. The van der Waals surface area contributed by atoms with Gasteiger partial charge in [0.25, 0.3) is 0 Å². The molecule has 15 heavy (non-hydrogen) atoms. The van der Waals surface area contributed by atoms with E-state index in [1.807, 2.05) is 6.07 Å². The second kappa shape index (κ2) is 6.77. The average molecular weight is 224 g/mol. The highest BCUT2D eigenvalue weighted by Gasteiger charge is 2.10. The van der Waals surface area contributed by atoms with Gasteiger partial charge in [0.05, 0.1) is 0 Å². The van der Waals surface area contributed by atoms with Crippen LogP contribution in [0.1, 0.15) is 31.4 Å². The highest BCUT2D eigenvalue weighted by atomic mass is 28.2. The summed E-state index contributed by atoms with van der Waals surface area (Å²) in [6.07, 6.45) is 0.910. The van der Waals surface area contributed by atoms with E-state index in [4.69, 9.17) is 9.16 Å². The maximum Gasteiger partial charge on any atom is 0.172 e. The normalized spacial score (nSPS) is 15.7. The Balaban J connectivity index is 2.39. The first-order valence-electron chi connectivity index (χ1n) is 5.47. The van der Waals surface area contributed by atoms with Crippen LogP contribution in [-0.2, 0) is 9.16 Å². The van der Waals surface area contributed by atoms with Crippen LogP contribution in [0.15, 0.2) is 30.3 Å². The van der Waals surface area contributed by atoms with Crippen LogP contribution in [0.4, 0.5) is 0 Å². The van der Waals surface area contributed by atoms with E-state index in [0.717, 1.165) is 6.42 Å². The summed E-state index contributed by atoms with van der Waals surface area (Å²) in [5.41, 5.74) is 1.92. The van der Waals surface area contributed by atoms with Gasteiger partial charge in [-0.05, 0) is 17.5 Å². The fourth-order valence-electron chi connectivity index (χ4n) is 1.48. The molecule has 2 unspecified atom stereocenters. The third kappa shape index (κ3) is 4.16. The lowest BCUT2D eigenvalue weighted by Crippen LogP contribution is -2.20. The summed E-state index contributed by atoms with van der Waals surface area (Å²) < 4.78 is 11.0. The number of hydrogen-bond donors (Lipinski definition) is 0. The van der Waals surface area contributed by atoms with Crippen molar-refractivity contribution in [2.75, 3.05) is 7.11 Å². The van der Waals surface area contributed by atoms with Crippen LogP contribution in [0.5, 0.6) is 0 Å². The van der Waals surface area contributed by atoms with Crippen molar-refractivity contribution < 1.29 is 9.16 Å². The van der Waals surface area contributed by atoms with E-state index in [1.165, 1.54) is 5.56 Å². The van der Waals surface area contributed by atoms with Gasteiger partial charge in [0.2, 0.25) is 0 Å². The number of rotatable bonds is 6. The Morgan fingerprint density at radius 3 is 2.47 bits per heavy atom. The zero-order chi connectivity index (χ0) is 11.1. The standard InChI is InChI=1S/C12H20O2Si/c1-4-12(13-3)14-15-10(2)11-8-6-5-7-9-11/h5-10,12H,4,15H2,1-3H3. The first kappa shape index (κ1) is 12.4. The molecule has 2 atom stereocenters. The van der Waals surface area contributed by atoms with E-state index in [-0.39, 0.29) is 6.29 Å². The zero-order valence-electron chi connectivity index (χ0n) is 9.77. The SMILES string of the molecule is CCC(OC)O[SiH2]C(C)c1ccccc1. The molecule has 0 heterocycles. The van der Waals surface area contributed by atoms with Crippen LogP contribution < -0.4 is 0 Å². The minimum Gasteiger partial charge on any atom is -0.399 e. The average Bonchev–Trinajstić information content (AvgIpc) is 2.31. The molecule has 2 nitrogen and oxygen atoms in total. The monoisotopic (exact) mass is 224 g/mol. The predicted molar refractivity (Wildman–Crippen MR) is 65.6 cm³/mol. The van der Waals surface area contributed by atoms with Gasteiger partial charge in [-0.25, -0.2) is 0 Å². The van der Waals surface area contributed by atoms with Crippen molar-refractivity contribution in [3.05, 3.63) is 35.9 Å². The molecular weight excluding hydrogens is 204 g/mol. The minimum absolute atomic E-state index is 0.0113. The zero-order valence-corrected chi connectivity index (χ0v) is 11.2. The minimum atomic E-state index is -0.557. The summed E-state index contributed by atoms with van der Waals surface area (Å²) in [5, 5.41) is 0. The summed E-state index contributed by atoms with van der Waals surface area (Å²) in [7, 11) is 1.15. The van der Waals surface area contributed by atoms with Gasteiger partial charge in [-0.1, -0.05) is 44.2 Å². The lowest BCUT2D eigenvalue weighted by molar-refractivity contribution is -0.0547. The Bertz CT molecular complexity index is 260. The van der Waals surface area contributed by atoms with E-state index in [2.05, 4.69) is 38.1 Å². The number of ether oxygens (including phenoxy) is 1. The molecule has 0 saturated carbocycles. The van der Waals surface area contributed by atoms with Gasteiger partial charge < -0.3 is 9.16 Å². The highest BCUT2D eigenvalue weighted by molar-refractivity contribution is 6.29. The largest absolute Gasteiger partial charge is 0.399 e. The second-order valence-corrected chi connectivity index (χ2v) is 5.61. The predicted octanol–water partition coefficient (Wildman–Crippen LogP) is 2.23. The molecule has 0 aromatic heterocycles. The Morgan fingerprint density at radius 2 is 1.93 bits per heavy atom. The van der Waals surface area contributed by atoms with Gasteiger partial charge in [0, 0.05) is 7.11 Å². The molecule has 0 N–H and O–H groups in total. The summed E-state index contributed by atoms with van der Waals surface area (Å²) >= 11 is 0. The lowest BCUT2D eigenvalue weighted by atomic mass is 10.2. The van der Waals surface area contributed by atoms with Crippen LogP contribution in [0, 0.1) is 0 Å². The van der Waals surface area contributed by atoms with Crippen LogP contribution in [-0.4, -0.2) is 23.2 Å². The number of benzene rings is 1.